The fourth-order valence-electron chi connectivity index (χ4n) is 3.46. The van der Waals surface area contributed by atoms with Crippen LogP contribution in [0.3, 0.4) is 0 Å². The number of H-pyrrole nitrogens is 1. The minimum absolute atomic E-state index is 0.0141. The number of rotatable bonds is 8. The maximum absolute atomic E-state index is 12.9. The van der Waals surface area contributed by atoms with Gasteiger partial charge in [0.15, 0.2) is 6.29 Å². The number of aromatic nitrogens is 1. The standard InChI is InChI=1S/C22H26N2O6/c1-6-10-30-22(28)18(20-14(7-2)13(4)21(27)24-20)19-12(3)15(16(11-25)23-19)8-9-17(26)29-5/h6-7,11,13,23H,1,8-10H2,2-5H3,(H,24,27)/b14-7+,20-18+. The third-order valence-corrected chi connectivity index (χ3v) is 5.08. The van der Waals surface area contributed by atoms with Gasteiger partial charge in [-0.05, 0) is 43.9 Å². The molecule has 1 aromatic rings. The molecule has 2 heterocycles. The number of hydrogen-bond donors (Lipinski definition) is 2. The molecule has 8 nitrogen and oxygen atoms in total. The summed E-state index contributed by atoms with van der Waals surface area (Å²) >= 11 is 0. The summed E-state index contributed by atoms with van der Waals surface area (Å²) in [6.07, 6.45) is 4.16. The van der Waals surface area contributed by atoms with Gasteiger partial charge in [0.25, 0.3) is 0 Å². The fourth-order valence-corrected chi connectivity index (χ4v) is 3.46. The maximum Gasteiger partial charge on any atom is 0.342 e. The Kier molecular flexibility index (Phi) is 7.52. The van der Waals surface area contributed by atoms with E-state index in [1.165, 1.54) is 13.2 Å². The summed E-state index contributed by atoms with van der Waals surface area (Å²) in [6, 6.07) is 0. The summed E-state index contributed by atoms with van der Waals surface area (Å²) < 4.78 is 9.93. The first-order valence-electron chi connectivity index (χ1n) is 9.54. The molecule has 0 bridgehead atoms. The molecule has 0 saturated carbocycles. The average Bonchev–Trinajstić information content (AvgIpc) is 3.20. The Bertz CT molecular complexity index is 951. The van der Waals surface area contributed by atoms with Gasteiger partial charge in [-0.2, -0.15) is 0 Å². The molecule has 1 unspecified atom stereocenters. The third kappa shape index (κ3) is 4.42. The number of methoxy groups -OCH3 is 1. The van der Waals surface area contributed by atoms with Crippen molar-refractivity contribution in [3.8, 4) is 0 Å². The van der Waals surface area contributed by atoms with Crippen LogP contribution in [0.5, 0.6) is 0 Å². The Morgan fingerprint density at radius 1 is 1.30 bits per heavy atom. The highest BCUT2D eigenvalue weighted by atomic mass is 16.5. The zero-order valence-electron chi connectivity index (χ0n) is 17.6. The minimum Gasteiger partial charge on any atom is -0.469 e. The topological polar surface area (TPSA) is 115 Å². The molecule has 2 rings (SSSR count). The van der Waals surface area contributed by atoms with E-state index in [4.69, 9.17) is 4.74 Å². The van der Waals surface area contributed by atoms with Gasteiger partial charge in [-0.15, -0.1) is 0 Å². The van der Waals surface area contributed by atoms with E-state index in [0.29, 0.717) is 34.4 Å². The third-order valence-electron chi connectivity index (χ3n) is 5.08. The van der Waals surface area contributed by atoms with Crippen molar-refractivity contribution < 1.29 is 28.7 Å². The molecule has 1 amide bonds. The molecule has 160 valence electrons. The minimum atomic E-state index is -0.667. The number of allylic oxidation sites excluding steroid dienone is 2. The van der Waals surface area contributed by atoms with Crippen molar-refractivity contribution in [3.05, 3.63) is 52.5 Å². The molecule has 1 aliphatic rings. The number of aromatic amines is 1. The molecule has 8 heteroatoms. The maximum atomic E-state index is 12.9. The van der Waals surface area contributed by atoms with Crippen molar-refractivity contribution in [3.63, 3.8) is 0 Å². The molecule has 0 spiro atoms. The number of nitrogens with one attached hydrogen (secondary N) is 2. The molecule has 1 saturated heterocycles. The lowest BCUT2D eigenvalue weighted by Gasteiger charge is -2.12. The van der Waals surface area contributed by atoms with Crippen LogP contribution in [0, 0.1) is 12.8 Å². The van der Waals surface area contributed by atoms with Crippen molar-refractivity contribution in [2.75, 3.05) is 13.7 Å². The van der Waals surface area contributed by atoms with Gasteiger partial charge in [-0.1, -0.05) is 18.7 Å². The van der Waals surface area contributed by atoms with E-state index < -0.39 is 17.9 Å². The van der Waals surface area contributed by atoms with Gasteiger partial charge in [0.1, 0.15) is 12.2 Å². The van der Waals surface area contributed by atoms with Crippen LogP contribution in [0.1, 0.15) is 47.6 Å². The normalized spacial score (nSPS) is 18.7. The first-order valence-corrected chi connectivity index (χ1v) is 9.54. The fraction of sp³-hybridized carbons (Fsp3) is 0.364. The summed E-state index contributed by atoms with van der Waals surface area (Å²) in [5.41, 5.74) is 2.93. The van der Waals surface area contributed by atoms with Crippen molar-refractivity contribution >= 4 is 29.7 Å². The van der Waals surface area contributed by atoms with Crippen LogP contribution >= 0.6 is 0 Å². The summed E-state index contributed by atoms with van der Waals surface area (Å²) in [4.78, 5) is 51.4. The average molecular weight is 414 g/mol. The number of amides is 1. The Balaban J connectivity index is 2.67. The lowest BCUT2D eigenvalue weighted by Crippen LogP contribution is -2.20. The highest BCUT2D eigenvalue weighted by Gasteiger charge is 2.35. The van der Waals surface area contributed by atoms with Crippen molar-refractivity contribution in [1.82, 2.24) is 10.3 Å². The monoisotopic (exact) mass is 414 g/mol. The highest BCUT2D eigenvalue weighted by Crippen LogP contribution is 2.35. The molecule has 1 aromatic heterocycles. The second-order valence-corrected chi connectivity index (χ2v) is 6.80. The quantitative estimate of drug-likeness (QED) is 0.292. The Morgan fingerprint density at radius 2 is 2.00 bits per heavy atom. The first kappa shape index (κ1) is 22.9. The van der Waals surface area contributed by atoms with Crippen LogP contribution in [0.25, 0.3) is 5.57 Å². The summed E-state index contributed by atoms with van der Waals surface area (Å²) in [5, 5.41) is 2.76. The van der Waals surface area contributed by atoms with E-state index in [-0.39, 0.29) is 36.6 Å². The number of esters is 2. The number of carbonyl (C=O) groups is 4. The predicted octanol–water partition coefficient (Wildman–Crippen LogP) is 2.39. The van der Waals surface area contributed by atoms with Gasteiger partial charge < -0.3 is 19.8 Å². The lowest BCUT2D eigenvalue weighted by atomic mass is 9.96. The molecule has 30 heavy (non-hydrogen) atoms. The van der Waals surface area contributed by atoms with E-state index in [2.05, 4.69) is 21.6 Å². The predicted molar refractivity (Wildman–Crippen MR) is 110 cm³/mol. The summed E-state index contributed by atoms with van der Waals surface area (Å²) in [5.74, 6) is -1.75. The zero-order valence-corrected chi connectivity index (χ0v) is 17.6. The lowest BCUT2D eigenvalue weighted by molar-refractivity contribution is -0.140. The van der Waals surface area contributed by atoms with Crippen molar-refractivity contribution in [2.45, 2.75) is 33.6 Å². The first-order chi connectivity index (χ1) is 14.3. The van der Waals surface area contributed by atoms with E-state index in [1.807, 2.05) is 0 Å². The Hall–Kier alpha value is -3.42. The number of carbonyl (C=O) groups excluding carboxylic acids is 4. The molecule has 0 aliphatic carbocycles. The Morgan fingerprint density at radius 3 is 2.57 bits per heavy atom. The van der Waals surface area contributed by atoms with E-state index in [0.717, 1.165) is 0 Å². The summed E-state index contributed by atoms with van der Waals surface area (Å²) in [6.45, 7) is 8.78. The summed E-state index contributed by atoms with van der Waals surface area (Å²) in [7, 11) is 1.29. The second-order valence-electron chi connectivity index (χ2n) is 6.80. The molecule has 2 N–H and O–H groups in total. The largest absolute Gasteiger partial charge is 0.469 e. The van der Waals surface area contributed by atoms with E-state index >= 15 is 0 Å². The second kappa shape index (κ2) is 9.87. The molecule has 0 radical (unpaired) electrons. The van der Waals surface area contributed by atoms with Crippen molar-refractivity contribution in [1.29, 1.82) is 0 Å². The van der Waals surface area contributed by atoms with Crippen molar-refractivity contribution in [2.24, 2.45) is 5.92 Å². The molecule has 1 aliphatic heterocycles. The smallest absolute Gasteiger partial charge is 0.342 e. The number of ether oxygens (including phenoxy) is 2. The number of aldehydes is 1. The van der Waals surface area contributed by atoms with Crippen LogP contribution in [0.15, 0.2) is 30.0 Å². The zero-order chi connectivity index (χ0) is 22.4. The number of hydrogen-bond acceptors (Lipinski definition) is 6. The van der Waals surface area contributed by atoms with Crippen LogP contribution in [0.4, 0.5) is 0 Å². The SMILES string of the molecule is C=CCOC(=O)/C(=C1/NC(=O)C(C)/C1=C\C)c1[nH]c(C=O)c(CCC(=O)OC)c1C. The molecule has 0 aromatic carbocycles. The molecular weight excluding hydrogens is 388 g/mol. The van der Waals surface area contributed by atoms with Gasteiger partial charge in [0.05, 0.1) is 30.1 Å². The van der Waals surface area contributed by atoms with Gasteiger partial charge >= 0.3 is 11.9 Å². The van der Waals surface area contributed by atoms with Gasteiger partial charge in [0.2, 0.25) is 5.91 Å². The van der Waals surface area contributed by atoms with Crippen LogP contribution in [0.2, 0.25) is 0 Å². The van der Waals surface area contributed by atoms with E-state index in [1.54, 1.807) is 26.8 Å². The van der Waals surface area contributed by atoms with Crippen LogP contribution in [-0.4, -0.2) is 42.8 Å². The highest BCUT2D eigenvalue weighted by molar-refractivity contribution is 6.20. The Labute approximate surface area is 175 Å². The molecular formula is C22H26N2O6. The molecule has 1 fully saturated rings. The van der Waals surface area contributed by atoms with Gasteiger partial charge in [-0.3, -0.25) is 14.4 Å². The van der Waals surface area contributed by atoms with Gasteiger partial charge in [-0.25, -0.2) is 4.79 Å². The molecule has 1 atom stereocenters. The van der Waals surface area contributed by atoms with Crippen LogP contribution < -0.4 is 5.32 Å². The van der Waals surface area contributed by atoms with Gasteiger partial charge in [0, 0.05) is 6.42 Å². The van der Waals surface area contributed by atoms with E-state index in [9.17, 15) is 19.2 Å². The van der Waals surface area contributed by atoms with Crippen LogP contribution in [-0.2, 0) is 30.3 Å².